The van der Waals surface area contributed by atoms with Crippen LogP contribution in [-0.2, 0) is 0 Å². The molecule has 4 aromatic carbocycles. The van der Waals surface area contributed by atoms with Crippen LogP contribution in [-0.4, -0.2) is 4.92 Å². The second kappa shape index (κ2) is 3.73. The van der Waals surface area contributed by atoms with E-state index in [9.17, 15) is 19.7 Å². The molecule has 0 fully saturated rings. The molecule has 4 rings (SSSR count). The molecule has 21 heavy (non-hydrogen) atoms. The third-order valence-electron chi connectivity index (χ3n) is 3.88. The molecule has 4 aromatic rings. The molecule has 0 unspecified atom stereocenters. The number of nitro groups is 1. The first-order valence-electron chi connectivity index (χ1n) is 6.31. The van der Waals surface area contributed by atoms with E-state index in [1.54, 1.807) is 24.3 Å². The third-order valence-corrected chi connectivity index (χ3v) is 3.88. The van der Waals surface area contributed by atoms with E-state index in [1.807, 2.05) is 12.1 Å². The van der Waals surface area contributed by atoms with Gasteiger partial charge in [-0.3, -0.25) is 19.7 Å². The zero-order chi connectivity index (χ0) is 14.7. The number of hydrogen-bond donors (Lipinski definition) is 0. The van der Waals surface area contributed by atoms with E-state index >= 15 is 0 Å². The van der Waals surface area contributed by atoms with E-state index in [0.29, 0.717) is 16.2 Å². The Hall–Kier alpha value is -3.08. The maximum absolute atomic E-state index is 12.3. The maximum Gasteiger partial charge on any atom is 0.281 e. The quantitative estimate of drug-likeness (QED) is 0.232. The Kier molecular flexibility index (Phi) is 2.08. The van der Waals surface area contributed by atoms with Crippen LogP contribution in [0.1, 0.15) is 0 Å². The van der Waals surface area contributed by atoms with Crippen LogP contribution in [0.4, 0.5) is 5.69 Å². The van der Waals surface area contributed by atoms with Crippen molar-refractivity contribution in [1.82, 2.24) is 0 Å². The summed E-state index contributed by atoms with van der Waals surface area (Å²) in [5.74, 6) is 0. The predicted octanol–water partition coefficient (Wildman–Crippen LogP) is 2.65. The van der Waals surface area contributed by atoms with Crippen LogP contribution in [0.3, 0.4) is 0 Å². The van der Waals surface area contributed by atoms with Crippen molar-refractivity contribution in [2.45, 2.75) is 0 Å². The average Bonchev–Trinajstić information content (AvgIpc) is 2.50. The summed E-state index contributed by atoms with van der Waals surface area (Å²) in [4.78, 5) is 35.1. The highest BCUT2D eigenvalue weighted by atomic mass is 16.6. The van der Waals surface area contributed by atoms with Crippen LogP contribution >= 0.6 is 0 Å². The van der Waals surface area contributed by atoms with E-state index < -0.39 is 15.8 Å². The van der Waals surface area contributed by atoms with E-state index in [0.717, 1.165) is 10.8 Å². The van der Waals surface area contributed by atoms with Crippen molar-refractivity contribution in [2.75, 3.05) is 0 Å². The fourth-order valence-corrected chi connectivity index (χ4v) is 2.99. The summed E-state index contributed by atoms with van der Waals surface area (Å²) < 4.78 is 0. The molecule has 0 saturated carbocycles. The highest BCUT2D eigenvalue weighted by molar-refractivity contribution is 6.24. The molecule has 5 heteroatoms. The molecule has 0 amide bonds. The lowest BCUT2D eigenvalue weighted by Crippen LogP contribution is -2.24. The summed E-state index contributed by atoms with van der Waals surface area (Å²) in [6, 6.07) is 11.7. The van der Waals surface area contributed by atoms with Crippen LogP contribution < -0.4 is 10.9 Å². The third kappa shape index (κ3) is 1.34. The van der Waals surface area contributed by atoms with Crippen LogP contribution in [0.25, 0.3) is 32.3 Å². The Morgan fingerprint density at radius 1 is 0.762 bits per heavy atom. The van der Waals surface area contributed by atoms with E-state index in [4.69, 9.17) is 0 Å². The number of hydrogen-bond acceptors (Lipinski definition) is 4. The Balaban J connectivity index is 2.53. The summed E-state index contributed by atoms with van der Waals surface area (Å²) in [7, 11) is 0. The van der Waals surface area contributed by atoms with Gasteiger partial charge in [0.25, 0.3) is 5.69 Å². The van der Waals surface area contributed by atoms with Crippen molar-refractivity contribution in [3.8, 4) is 0 Å². The van der Waals surface area contributed by atoms with Crippen molar-refractivity contribution in [3.05, 3.63) is 73.0 Å². The normalized spacial score (nSPS) is 11.6. The molecule has 0 heterocycles. The summed E-state index contributed by atoms with van der Waals surface area (Å²) in [5.41, 5.74) is -1.81. The van der Waals surface area contributed by atoms with E-state index in [2.05, 4.69) is 0 Å². The molecule has 0 saturated heterocycles. The number of non-ortho nitro benzene ring substituents is 1. The fraction of sp³-hybridized carbons (Fsp3) is 0. The molecule has 0 aliphatic rings. The Morgan fingerprint density at radius 3 is 2.14 bits per heavy atom. The molecule has 0 spiro atoms. The largest absolute Gasteiger partial charge is 0.285 e. The van der Waals surface area contributed by atoms with Crippen molar-refractivity contribution in [3.63, 3.8) is 0 Å². The second-order valence-electron chi connectivity index (χ2n) is 4.94. The first kappa shape index (κ1) is 11.7. The molecular weight excluding hydrogens is 270 g/mol. The fourth-order valence-electron chi connectivity index (χ4n) is 2.99. The number of rotatable bonds is 1. The van der Waals surface area contributed by atoms with E-state index in [1.165, 1.54) is 6.07 Å². The SMILES string of the molecule is O=c1c(=O)c2c([N+](=O)[O-])ccc3ccc4cccc1c4c32. The van der Waals surface area contributed by atoms with Gasteiger partial charge in [-0.25, -0.2) is 0 Å². The average molecular weight is 277 g/mol. The van der Waals surface area contributed by atoms with Gasteiger partial charge in [0.05, 0.1) is 4.92 Å². The first-order valence-corrected chi connectivity index (χ1v) is 6.31. The molecule has 0 N–H and O–H groups in total. The molecule has 0 aliphatic carbocycles. The lowest BCUT2D eigenvalue weighted by atomic mass is 9.93. The zero-order valence-electron chi connectivity index (χ0n) is 10.6. The van der Waals surface area contributed by atoms with Crippen molar-refractivity contribution < 1.29 is 4.92 Å². The van der Waals surface area contributed by atoms with Gasteiger partial charge in [0.2, 0.25) is 10.9 Å². The van der Waals surface area contributed by atoms with Crippen LogP contribution in [0.5, 0.6) is 0 Å². The smallest absolute Gasteiger partial charge is 0.281 e. The molecule has 0 atom stereocenters. The Bertz CT molecular complexity index is 1150. The molecular formula is C16H7NO4. The minimum atomic E-state index is -0.807. The van der Waals surface area contributed by atoms with Gasteiger partial charge in [-0.1, -0.05) is 30.3 Å². The van der Waals surface area contributed by atoms with Crippen LogP contribution in [0, 0.1) is 10.1 Å². The summed E-state index contributed by atoms with van der Waals surface area (Å²) in [6.45, 7) is 0. The standard InChI is InChI=1S/C16H7NO4/c18-15-10-3-1-2-8-4-5-9-6-7-11(17(20)21)14(16(15)19)13(9)12(8)10/h1-7H. The molecule has 0 aromatic heterocycles. The summed E-state index contributed by atoms with van der Waals surface area (Å²) in [5, 5.41) is 14.0. The minimum absolute atomic E-state index is 0.0909. The van der Waals surface area contributed by atoms with Crippen LogP contribution in [0.15, 0.2) is 52.1 Å². The molecule has 100 valence electrons. The first-order chi connectivity index (χ1) is 10.1. The Morgan fingerprint density at radius 2 is 1.43 bits per heavy atom. The molecule has 0 radical (unpaired) electrons. The predicted molar refractivity (Wildman–Crippen MR) is 80.5 cm³/mol. The number of benzene rings is 4. The second-order valence-corrected chi connectivity index (χ2v) is 4.94. The van der Waals surface area contributed by atoms with Gasteiger partial charge in [0.15, 0.2) is 0 Å². The Labute approximate surface area is 116 Å². The monoisotopic (exact) mass is 277 g/mol. The van der Waals surface area contributed by atoms with Gasteiger partial charge in [-0.05, 0) is 16.8 Å². The zero-order valence-corrected chi connectivity index (χ0v) is 10.6. The number of nitrogens with zero attached hydrogens (tertiary/aromatic N) is 1. The van der Waals surface area contributed by atoms with Gasteiger partial charge >= 0.3 is 0 Å². The lowest BCUT2D eigenvalue weighted by molar-refractivity contribution is -0.383. The molecule has 5 nitrogen and oxygen atoms in total. The van der Waals surface area contributed by atoms with Gasteiger partial charge < -0.3 is 0 Å². The highest BCUT2D eigenvalue weighted by Crippen LogP contribution is 2.34. The van der Waals surface area contributed by atoms with Gasteiger partial charge in [0, 0.05) is 22.2 Å². The number of nitro benzene ring substituents is 1. The van der Waals surface area contributed by atoms with Crippen molar-refractivity contribution in [1.29, 1.82) is 0 Å². The molecule has 0 bridgehead atoms. The highest BCUT2D eigenvalue weighted by Gasteiger charge is 2.22. The maximum atomic E-state index is 12.3. The topological polar surface area (TPSA) is 77.3 Å². The van der Waals surface area contributed by atoms with Crippen molar-refractivity contribution in [2.24, 2.45) is 0 Å². The summed E-state index contributed by atoms with van der Waals surface area (Å²) in [6.07, 6.45) is 0. The summed E-state index contributed by atoms with van der Waals surface area (Å²) >= 11 is 0. The lowest BCUT2D eigenvalue weighted by Gasteiger charge is -2.09. The van der Waals surface area contributed by atoms with Gasteiger partial charge in [-0.15, -0.1) is 0 Å². The minimum Gasteiger partial charge on any atom is -0.285 e. The van der Waals surface area contributed by atoms with Gasteiger partial charge in [0.1, 0.15) is 5.39 Å². The van der Waals surface area contributed by atoms with Crippen molar-refractivity contribution >= 4 is 38.0 Å². The van der Waals surface area contributed by atoms with Gasteiger partial charge in [-0.2, -0.15) is 0 Å². The molecule has 0 aliphatic heterocycles. The van der Waals surface area contributed by atoms with Crippen LogP contribution in [0.2, 0.25) is 0 Å². The van der Waals surface area contributed by atoms with E-state index in [-0.39, 0.29) is 11.1 Å².